The molecule has 0 heterocycles. The average Bonchev–Trinajstić information content (AvgIpc) is 2.80. The molecule has 0 aliphatic heterocycles. The van der Waals surface area contributed by atoms with E-state index in [1.807, 2.05) is 19.1 Å². The Morgan fingerprint density at radius 1 is 1.21 bits per heavy atom. The number of halogens is 1. The van der Waals surface area contributed by atoms with Crippen LogP contribution in [0.4, 0.5) is 17.1 Å². The number of nitrogens with one attached hydrogen (secondary N) is 1. The lowest BCUT2D eigenvalue weighted by Crippen LogP contribution is -2.27. The van der Waals surface area contributed by atoms with Gasteiger partial charge in [0.25, 0.3) is 11.6 Å². The first-order valence-corrected chi connectivity index (χ1v) is 10.7. The number of fused-ring (bicyclic) bond motifs is 1. The summed E-state index contributed by atoms with van der Waals surface area (Å²) >= 11 is 5.80. The van der Waals surface area contributed by atoms with Crippen molar-refractivity contribution in [2.45, 2.75) is 13.3 Å². The van der Waals surface area contributed by atoms with Gasteiger partial charge in [0.05, 0.1) is 10.5 Å². The Bertz CT molecular complexity index is 1410. The van der Waals surface area contributed by atoms with Crippen molar-refractivity contribution in [3.63, 3.8) is 0 Å². The topological polar surface area (TPSA) is 137 Å². The Kier molecular flexibility index (Phi) is 6.29. The minimum absolute atomic E-state index is 0.0124. The van der Waals surface area contributed by atoms with Crippen molar-refractivity contribution in [3.8, 4) is 11.5 Å². The predicted molar refractivity (Wildman–Crippen MR) is 128 cm³/mol. The monoisotopic (exact) mass is 478 g/mol. The quantitative estimate of drug-likeness (QED) is 0.220. The van der Waals surface area contributed by atoms with Crippen LogP contribution in [0.5, 0.6) is 11.5 Å². The normalized spacial score (nSPS) is 15.5. The fourth-order valence-electron chi connectivity index (χ4n) is 3.56. The number of nitrogens with zero attached hydrogens (tertiary/aromatic N) is 3. The molecule has 0 aromatic heterocycles. The lowest BCUT2D eigenvalue weighted by Gasteiger charge is -2.19. The van der Waals surface area contributed by atoms with Crippen LogP contribution in [-0.4, -0.2) is 21.0 Å². The highest BCUT2D eigenvalue weighted by Crippen LogP contribution is 2.42. The Morgan fingerprint density at radius 2 is 1.97 bits per heavy atom. The van der Waals surface area contributed by atoms with E-state index in [1.54, 1.807) is 36.4 Å². The van der Waals surface area contributed by atoms with E-state index in [2.05, 4.69) is 15.5 Å². The van der Waals surface area contributed by atoms with E-state index < -0.39 is 28.0 Å². The van der Waals surface area contributed by atoms with Crippen LogP contribution in [0.3, 0.4) is 0 Å². The minimum atomic E-state index is -0.714. The van der Waals surface area contributed by atoms with Crippen LogP contribution in [0.1, 0.15) is 23.7 Å². The Morgan fingerprint density at radius 3 is 2.71 bits per heavy atom. The van der Waals surface area contributed by atoms with Gasteiger partial charge in [-0.25, -0.2) is 0 Å². The molecule has 4 rings (SSSR count). The number of azo groups is 1. The number of allylic oxidation sites excluding steroid dienone is 4. The number of rotatable bonds is 5. The van der Waals surface area contributed by atoms with Gasteiger partial charge in [0.1, 0.15) is 22.1 Å². The molecule has 0 spiro atoms. The lowest BCUT2D eigenvalue weighted by atomic mass is 9.98. The van der Waals surface area contributed by atoms with Crippen LogP contribution in [0.25, 0.3) is 10.8 Å². The second-order valence-corrected chi connectivity index (χ2v) is 8.14. The molecule has 34 heavy (non-hydrogen) atoms. The number of carbonyl (C=O) groups is 1. The molecular weight excluding hydrogens is 460 g/mol. The predicted octanol–water partition coefficient (Wildman–Crippen LogP) is 6.44. The van der Waals surface area contributed by atoms with Crippen molar-refractivity contribution in [2.24, 2.45) is 16.1 Å². The second kappa shape index (κ2) is 9.32. The summed E-state index contributed by atoms with van der Waals surface area (Å²) in [5.41, 5.74) is 0.0102. The van der Waals surface area contributed by atoms with E-state index in [1.165, 1.54) is 0 Å². The summed E-state index contributed by atoms with van der Waals surface area (Å²) in [5.74, 6) is -1.25. The molecule has 0 bridgehead atoms. The molecule has 172 valence electrons. The number of nitro groups is 1. The number of hydrogen-bond donors (Lipinski definition) is 3. The number of aromatic hydroxyl groups is 2. The zero-order valence-corrected chi connectivity index (χ0v) is 18.7. The van der Waals surface area contributed by atoms with Crippen LogP contribution in [0, 0.1) is 16.0 Å². The van der Waals surface area contributed by atoms with Crippen LogP contribution >= 0.6 is 11.6 Å². The number of nitro benzene ring substituents is 1. The zero-order chi connectivity index (χ0) is 24.4. The van der Waals surface area contributed by atoms with E-state index in [-0.39, 0.29) is 27.9 Å². The van der Waals surface area contributed by atoms with Crippen LogP contribution < -0.4 is 5.32 Å². The van der Waals surface area contributed by atoms with Gasteiger partial charge in [0.2, 0.25) is 0 Å². The zero-order valence-electron chi connectivity index (χ0n) is 17.9. The molecular formula is C24H19ClN4O5. The third-order valence-corrected chi connectivity index (χ3v) is 5.73. The van der Waals surface area contributed by atoms with Gasteiger partial charge in [0.15, 0.2) is 5.75 Å². The number of hydrogen-bond acceptors (Lipinski definition) is 7. The highest BCUT2D eigenvalue weighted by Gasteiger charge is 2.21. The highest BCUT2D eigenvalue weighted by atomic mass is 35.5. The summed E-state index contributed by atoms with van der Waals surface area (Å²) in [6.45, 7) is 1.98. The summed E-state index contributed by atoms with van der Waals surface area (Å²) in [6.07, 6.45) is 6.45. The SMILES string of the molecule is CC1CC=CC=C1NC(=O)c1cc2ccccc2c(N=Nc2cc([N+](=O)[O-])c(Cl)cc2O)c1O. The molecule has 3 aromatic carbocycles. The Hall–Kier alpha value is -4.24. The summed E-state index contributed by atoms with van der Waals surface area (Å²) in [4.78, 5) is 23.5. The van der Waals surface area contributed by atoms with Gasteiger partial charge >= 0.3 is 0 Å². The molecule has 1 amide bonds. The van der Waals surface area contributed by atoms with Crippen molar-refractivity contribution in [1.29, 1.82) is 0 Å². The lowest BCUT2D eigenvalue weighted by molar-refractivity contribution is -0.384. The first kappa shape index (κ1) is 22.9. The van der Waals surface area contributed by atoms with Gasteiger partial charge in [-0.05, 0) is 29.9 Å². The molecule has 1 atom stereocenters. The maximum atomic E-state index is 13.0. The first-order chi connectivity index (χ1) is 16.3. The molecule has 0 fully saturated rings. The van der Waals surface area contributed by atoms with Crippen molar-refractivity contribution < 1.29 is 19.9 Å². The van der Waals surface area contributed by atoms with E-state index >= 15 is 0 Å². The maximum absolute atomic E-state index is 13.0. The van der Waals surface area contributed by atoms with E-state index in [4.69, 9.17) is 11.6 Å². The van der Waals surface area contributed by atoms with E-state index in [0.717, 1.165) is 24.3 Å². The van der Waals surface area contributed by atoms with Gasteiger partial charge in [-0.2, -0.15) is 0 Å². The largest absolute Gasteiger partial charge is 0.506 e. The third kappa shape index (κ3) is 4.46. The summed E-state index contributed by atoms with van der Waals surface area (Å²) < 4.78 is 0. The third-order valence-electron chi connectivity index (χ3n) is 5.43. The van der Waals surface area contributed by atoms with Gasteiger partial charge in [-0.1, -0.05) is 54.9 Å². The van der Waals surface area contributed by atoms with E-state index in [0.29, 0.717) is 10.8 Å². The maximum Gasteiger partial charge on any atom is 0.290 e. The van der Waals surface area contributed by atoms with Gasteiger partial charge < -0.3 is 15.5 Å². The molecule has 1 aliphatic rings. The van der Waals surface area contributed by atoms with Crippen molar-refractivity contribution in [1.82, 2.24) is 5.32 Å². The summed E-state index contributed by atoms with van der Waals surface area (Å²) in [7, 11) is 0. The fourth-order valence-corrected chi connectivity index (χ4v) is 3.79. The molecule has 0 saturated carbocycles. The highest BCUT2D eigenvalue weighted by molar-refractivity contribution is 6.33. The van der Waals surface area contributed by atoms with Crippen LogP contribution in [0.15, 0.2) is 76.6 Å². The smallest absolute Gasteiger partial charge is 0.290 e. The molecule has 3 aromatic rings. The molecule has 3 N–H and O–H groups in total. The minimum Gasteiger partial charge on any atom is -0.506 e. The molecule has 9 nitrogen and oxygen atoms in total. The van der Waals surface area contributed by atoms with E-state index in [9.17, 15) is 25.1 Å². The molecule has 1 aliphatic carbocycles. The van der Waals surface area contributed by atoms with Gasteiger partial charge in [-0.15, -0.1) is 10.2 Å². The number of amides is 1. The molecule has 1 unspecified atom stereocenters. The second-order valence-electron chi connectivity index (χ2n) is 7.73. The van der Waals surface area contributed by atoms with Gasteiger partial charge in [0, 0.05) is 23.2 Å². The van der Waals surface area contributed by atoms with Crippen molar-refractivity contribution in [2.75, 3.05) is 0 Å². The summed E-state index contributed by atoms with van der Waals surface area (Å²) in [5, 5.41) is 43.9. The average molecular weight is 479 g/mol. The molecule has 0 radical (unpaired) electrons. The Labute approximate surface area is 198 Å². The van der Waals surface area contributed by atoms with Gasteiger partial charge in [-0.3, -0.25) is 14.9 Å². The Balaban J connectivity index is 1.79. The number of phenols is 2. The number of carbonyl (C=O) groups excluding carboxylic acids is 1. The van der Waals surface area contributed by atoms with Crippen molar-refractivity contribution >= 4 is 45.3 Å². The molecule has 10 heteroatoms. The van der Waals surface area contributed by atoms with Crippen LogP contribution in [-0.2, 0) is 0 Å². The summed E-state index contributed by atoms with van der Waals surface area (Å²) in [6, 6.07) is 10.4. The standard InChI is InChI=1S/C24H19ClN4O5/c1-13-6-2-5-9-18(13)26-24(32)16-10-14-7-3-4-8-15(14)22(23(16)31)28-27-19-12-20(29(33)34)17(25)11-21(19)30/h2-5,7-13,30-31H,6H2,1H3,(H,26,32). The molecule has 0 saturated heterocycles. The number of benzene rings is 3. The number of phenolic OH excluding ortho intramolecular Hbond substituents is 2. The fraction of sp³-hybridized carbons (Fsp3) is 0.125. The van der Waals surface area contributed by atoms with Crippen molar-refractivity contribution in [3.05, 3.63) is 87.1 Å². The van der Waals surface area contributed by atoms with Crippen LogP contribution in [0.2, 0.25) is 5.02 Å². The first-order valence-electron chi connectivity index (χ1n) is 10.3.